The lowest BCUT2D eigenvalue weighted by Gasteiger charge is -2.17. The van der Waals surface area contributed by atoms with Crippen molar-refractivity contribution in [2.75, 3.05) is 21.9 Å². The molecule has 1 fully saturated rings. The van der Waals surface area contributed by atoms with Crippen molar-refractivity contribution in [2.24, 2.45) is 11.8 Å². The number of carbonyl (C=O) groups excluding carboxylic acids is 1. The third-order valence-corrected chi connectivity index (χ3v) is 5.65. The van der Waals surface area contributed by atoms with Gasteiger partial charge in [-0.15, -0.1) is 0 Å². The second kappa shape index (κ2) is 5.57. The molecular weight excluding hydrogens is 300 g/mol. The Hall–Kier alpha value is -1.56. The molecule has 0 bridgehead atoms. The number of benzene rings is 1. The zero-order chi connectivity index (χ0) is 15.9. The fourth-order valence-electron chi connectivity index (χ4n) is 2.90. The van der Waals surface area contributed by atoms with Gasteiger partial charge in [-0.05, 0) is 48.9 Å². The smallest absolute Gasteiger partial charge is 0.232 e. The molecule has 1 saturated carbocycles. The quantitative estimate of drug-likeness (QED) is 0.905. The van der Waals surface area contributed by atoms with Crippen LogP contribution in [0.4, 0.5) is 11.4 Å². The van der Waals surface area contributed by atoms with E-state index in [1.54, 1.807) is 6.07 Å². The van der Waals surface area contributed by atoms with Crippen molar-refractivity contribution in [3.05, 3.63) is 23.8 Å². The molecule has 0 atom stereocenters. The molecule has 0 radical (unpaired) electrons. The molecule has 6 heteroatoms. The molecular formula is C16H22N2O3S. The molecule has 0 unspecified atom stereocenters. The van der Waals surface area contributed by atoms with Gasteiger partial charge in [0.2, 0.25) is 15.9 Å². The van der Waals surface area contributed by atoms with E-state index in [1.807, 2.05) is 30.9 Å². The number of anilines is 2. The molecule has 1 aromatic rings. The number of amides is 1. The van der Waals surface area contributed by atoms with Crippen molar-refractivity contribution < 1.29 is 13.2 Å². The summed E-state index contributed by atoms with van der Waals surface area (Å²) >= 11 is 0. The first-order chi connectivity index (χ1) is 10.4. The van der Waals surface area contributed by atoms with Crippen LogP contribution >= 0.6 is 0 Å². The standard InChI is InChI=1S/C16H22N2O3S/c1-11(2)10-22(20,21)17-14-5-6-15-13(9-14)7-8-18(15)16(19)12-3-4-12/h5-6,9,11-12,17H,3-4,7-8,10H2,1-2H3. The highest BCUT2D eigenvalue weighted by molar-refractivity contribution is 7.92. The maximum atomic E-state index is 12.2. The summed E-state index contributed by atoms with van der Waals surface area (Å²) < 4.78 is 26.6. The number of nitrogens with one attached hydrogen (secondary N) is 1. The van der Waals surface area contributed by atoms with Gasteiger partial charge in [0.05, 0.1) is 5.75 Å². The van der Waals surface area contributed by atoms with Crippen LogP contribution in [0.2, 0.25) is 0 Å². The molecule has 3 rings (SSSR count). The van der Waals surface area contributed by atoms with Gasteiger partial charge in [0.15, 0.2) is 0 Å². The van der Waals surface area contributed by atoms with E-state index in [0.29, 0.717) is 12.2 Å². The summed E-state index contributed by atoms with van der Waals surface area (Å²) in [6.07, 6.45) is 2.78. The first kappa shape index (κ1) is 15.3. The average Bonchev–Trinajstić information content (AvgIpc) is 3.16. The lowest BCUT2D eigenvalue weighted by molar-refractivity contribution is -0.119. The molecule has 5 nitrogen and oxygen atoms in total. The van der Waals surface area contributed by atoms with Crippen LogP contribution in [0.5, 0.6) is 0 Å². The van der Waals surface area contributed by atoms with Gasteiger partial charge >= 0.3 is 0 Å². The van der Waals surface area contributed by atoms with Crippen LogP contribution in [0, 0.1) is 11.8 Å². The van der Waals surface area contributed by atoms with E-state index in [4.69, 9.17) is 0 Å². The summed E-state index contributed by atoms with van der Waals surface area (Å²) in [6, 6.07) is 5.46. The molecule has 1 N–H and O–H groups in total. The molecule has 120 valence electrons. The lowest BCUT2D eigenvalue weighted by atomic mass is 10.1. The van der Waals surface area contributed by atoms with E-state index in [2.05, 4.69) is 4.72 Å². The van der Waals surface area contributed by atoms with E-state index < -0.39 is 10.0 Å². The van der Waals surface area contributed by atoms with Crippen molar-refractivity contribution in [3.8, 4) is 0 Å². The van der Waals surface area contributed by atoms with E-state index >= 15 is 0 Å². The molecule has 1 amide bonds. The number of carbonyl (C=O) groups is 1. The maximum Gasteiger partial charge on any atom is 0.232 e. The number of fused-ring (bicyclic) bond motifs is 1. The first-order valence-electron chi connectivity index (χ1n) is 7.80. The minimum Gasteiger partial charge on any atom is -0.312 e. The molecule has 22 heavy (non-hydrogen) atoms. The van der Waals surface area contributed by atoms with Gasteiger partial charge in [0.1, 0.15) is 0 Å². The predicted octanol–water partition coefficient (Wildman–Crippen LogP) is 2.38. The fourth-order valence-corrected chi connectivity index (χ4v) is 4.35. The van der Waals surface area contributed by atoms with Crippen molar-refractivity contribution in [3.63, 3.8) is 0 Å². The summed E-state index contributed by atoms with van der Waals surface area (Å²) in [7, 11) is -3.32. The van der Waals surface area contributed by atoms with Crippen LogP contribution in [0.25, 0.3) is 0 Å². The van der Waals surface area contributed by atoms with Crippen molar-refractivity contribution in [1.82, 2.24) is 0 Å². The third kappa shape index (κ3) is 3.27. The van der Waals surface area contributed by atoms with Gasteiger partial charge in [-0.2, -0.15) is 0 Å². The van der Waals surface area contributed by atoms with Gasteiger partial charge in [0, 0.05) is 23.8 Å². The normalized spacial score (nSPS) is 17.7. The first-order valence-corrected chi connectivity index (χ1v) is 9.46. The Balaban J connectivity index is 1.76. The van der Waals surface area contributed by atoms with Crippen molar-refractivity contribution in [2.45, 2.75) is 33.1 Å². The topological polar surface area (TPSA) is 66.5 Å². The second-order valence-electron chi connectivity index (χ2n) is 6.63. The van der Waals surface area contributed by atoms with Crippen LogP contribution in [0.3, 0.4) is 0 Å². The van der Waals surface area contributed by atoms with Gasteiger partial charge < -0.3 is 4.90 Å². The fraction of sp³-hybridized carbons (Fsp3) is 0.562. The van der Waals surface area contributed by atoms with Gasteiger partial charge in [-0.3, -0.25) is 9.52 Å². The van der Waals surface area contributed by atoms with E-state index in [-0.39, 0.29) is 23.5 Å². The number of hydrogen-bond acceptors (Lipinski definition) is 3. The Bertz CT molecular complexity index is 693. The van der Waals surface area contributed by atoms with Gasteiger partial charge in [0.25, 0.3) is 0 Å². The van der Waals surface area contributed by atoms with Crippen LogP contribution < -0.4 is 9.62 Å². The summed E-state index contributed by atoms with van der Waals surface area (Å²) in [5.74, 6) is 0.608. The average molecular weight is 322 g/mol. The molecule has 1 aliphatic heterocycles. The molecule has 1 heterocycles. The third-order valence-electron chi connectivity index (χ3n) is 3.99. The molecule has 0 aromatic heterocycles. The minimum absolute atomic E-state index is 0.0820. The Morgan fingerprint density at radius 2 is 2.09 bits per heavy atom. The molecule has 1 aromatic carbocycles. The summed E-state index contributed by atoms with van der Waals surface area (Å²) in [5, 5.41) is 0. The van der Waals surface area contributed by atoms with Crippen LogP contribution in [-0.4, -0.2) is 26.6 Å². The number of sulfonamides is 1. The van der Waals surface area contributed by atoms with Crippen LogP contribution in [0.1, 0.15) is 32.3 Å². The molecule has 1 aliphatic carbocycles. The zero-order valence-corrected chi connectivity index (χ0v) is 13.8. The van der Waals surface area contributed by atoms with Gasteiger partial charge in [-0.25, -0.2) is 8.42 Å². The summed E-state index contributed by atoms with van der Waals surface area (Å²) in [5.41, 5.74) is 2.56. The van der Waals surface area contributed by atoms with E-state index in [0.717, 1.165) is 30.5 Å². The summed E-state index contributed by atoms with van der Waals surface area (Å²) in [6.45, 7) is 4.46. The SMILES string of the molecule is CC(C)CS(=O)(=O)Nc1ccc2c(c1)CCN2C(=O)C1CC1. The van der Waals surface area contributed by atoms with Crippen molar-refractivity contribution in [1.29, 1.82) is 0 Å². The highest BCUT2D eigenvalue weighted by atomic mass is 32.2. The molecule has 0 spiro atoms. The highest BCUT2D eigenvalue weighted by Gasteiger charge is 2.36. The highest BCUT2D eigenvalue weighted by Crippen LogP contribution is 2.37. The Labute approximate surface area is 131 Å². The maximum absolute atomic E-state index is 12.2. The van der Waals surface area contributed by atoms with E-state index in [1.165, 1.54) is 0 Å². The lowest BCUT2D eigenvalue weighted by Crippen LogP contribution is -2.30. The second-order valence-corrected chi connectivity index (χ2v) is 8.40. The van der Waals surface area contributed by atoms with Gasteiger partial charge in [-0.1, -0.05) is 13.8 Å². The van der Waals surface area contributed by atoms with E-state index in [9.17, 15) is 13.2 Å². The Morgan fingerprint density at radius 3 is 2.73 bits per heavy atom. The molecule has 0 saturated heterocycles. The minimum atomic E-state index is -3.32. The number of rotatable bonds is 5. The Kier molecular flexibility index (Phi) is 3.89. The Morgan fingerprint density at radius 1 is 1.36 bits per heavy atom. The summed E-state index contributed by atoms with van der Waals surface area (Å²) in [4.78, 5) is 14.1. The predicted molar refractivity (Wildman–Crippen MR) is 87.5 cm³/mol. The van der Waals surface area contributed by atoms with Crippen molar-refractivity contribution >= 4 is 27.3 Å². The number of hydrogen-bond donors (Lipinski definition) is 1. The van der Waals surface area contributed by atoms with Crippen LogP contribution in [-0.2, 0) is 21.2 Å². The van der Waals surface area contributed by atoms with Crippen LogP contribution in [0.15, 0.2) is 18.2 Å². The monoisotopic (exact) mass is 322 g/mol. The molecule has 2 aliphatic rings. The zero-order valence-electron chi connectivity index (χ0n) is 13.0. The largest absolute Gasteiger partial charge is 0.312 e. The number of nitrogens with zero attached hydrogens (tertiary/aromatic N) is 1.